The van der Waals surface area contributed by atoms with Gasteiger partial charge >= 0.3 is 0 Å². The van der Waals surface area contributed by atoms with Gasteiger partial charge in [0.1, 0.15) is 5.82 Å². The summed E-state index contributed by atoms with van der Waals surface area (Å²) in [6.45, 7) is 0. The number of anilines is 2. The highest BCUT2D eigenvalue weighted by Crippen LogP contribution is 2.26. The predicted molar refractivity (Wildman–Crippen MR) is 76.5 cm³/mol. The van der Waals surface area contributed by atoms with E-state index in [0.717, 1.165) is 5.69 Å². The van der Waals surface area contributed by atoms with Gasteiger partial charge in [0, 0.05) is 11.8 Å². The summed E-state index contributed by atoms with van der Waals surface area (Å²) >= 11 is 11.8. The zero-order valence-electron chi connectivity index (χ0n) is 9.50. The average molecular weight is 295 g/mol. The first-order valence-corrected chi connectivity index (χ1v) is 6.17. The number of halogens is 2. The van der Waals surface area contributed by atoms with Crippen molar-refractivity contribution in [2.45, 2.75) is 0 Å². The summed E-state index contributed by atoms with van der Waals surface area (Å²) in [5.74, 6) is 0.542. The molecule has 0 bridgehead atoms. The highest BCUT2D eigenvalue weighted by atomic mass is 35.5. The van der Waals surface area contributed by atoms with E-state index in [1.807, 2.05) is 0 Å². The molecule has 0 atom stereocenters. The first-order chi connectivity index (χ1) is 9.13. The molecule has 0 amide bonds. The number of aromatic nitrogens is 3. The monoisotopic (exact) mass is 294 g/mol. The summed E-state index contributed by atoms with van der Waals surface area (Å²) in [5.41, 5.74) is 1.50. The Morgan fingerprint density at radius 1 is 1.16 bits per heavy atom. The van der Waals surface area contributed by atoms with Crippen LogP contribution in [-0.4, -0.2) is 15.0 Å². The summed E-state index contributed by atoms with van der Waals surface area (Å²) < 4.78 is 0. The minimum Gasteiger partial charge on any atom is -0.344 e. The van der Waals surface area contributed by atoms with Crippen molar-refractivity contribution >= 4 is 45.7 Å². The van der Waals surface area contributed by atoms with Crippen molar-refractivity contribution in [2.75, 3.05) is 5.32 Å². The Morgan fingerprint density at radius 3 is 2.79 bits per heavy atom. The van der Waals surface area contributed by atoms with E-state index in [1.54, 1.807) is 24.3 Å². The maximum atomic E-state index is 11.7. The molecule has 0 saturated carbocycles. The van der Waals surface area contributed by atoms with Crippen molar-refractivity contribution in [3.63, 3.8) is 0 Å². The molecule has 96 valence electrons. The second-order valence-corrected chi connectivity index (χ2v) is 4.75. The number of pyridine rings is 1. The van der Waals surface area contributed by atoms with Crippen molar-refractivity contribution in [1.29, 1.82) is 0 Å². The van der Waals surface area contributed by atoms with Crippen molar-refractivity contribution < 1.29 is 0 Å². The first kappa shape index (κ1) is 12.1. The van der Waals surface area contributed by atoms with Gasteiger partial charge in [-0.3, -0.25) is 4.79 Å². The number of aromatic amines is 2. The molecule has 1 aromatic carbocycles. The summed E-state index contributed by atoms with van der Waals surface area (Å²) in [6.07, 6.45) is 1.48. The third-order valence-corrected chi connectivity index (χ3v) is 3.36. The molecule has 19 heavy (non-hydrogen) atoms. The van der Waals surface area contributed by atoms with Crippen molar-refractivity contribution in [1.82, 2.24) is 15.0 Å². The number of nitrogens with one attached hydrogen (secondary N) is 3. The van der Waals surface area contributed by atoms with E-state index in [2.05, 4.69) is 20.3 Å². The standard InChI is InChI=1S/C12H8Cl2N4O/c13-7-2-1-6(3-8(7)14)17-10-4-9-11(12(19)18-10)16-5-15-9/h1-5H,(H,15,16)(H2,17,18,19). The molecular weight excluding hydrogens is 287 g/mol. The largest absolute Gasteiger partial charge is 0.344 e. The number of fused-ring (bicyclic) bond motifs is 1. The van der Waals surface area contributed by atoms with Crippen LogP contribution in [0, 0.1) is 0 Å². The maximum absolute atomic E-state index is 11.7. The fourth-order valence-electron chi connectivity index (χ4n) is 1.75. The molecule has 2 aromatic heterocycles. The van der Waals surface area contributed by atoms with Gasteiger partial charge in [-0.05, 0) is 18.2 Å². The normalized spacial score (nSPS) is 10.8. The number of hydrogen-bond donors (Lipinski definition) is 3. The molecule has 0 aliphatic heterocycles. The molecule has 2 heterocycles. The van der Waals surface area contributed by atoms with Crippen LogP contribution in [0.1, 0.15) is 0 Å². The number of nitrogens with zero attached hydrogens (tertiary/aromatic N) is 1. The molecule has 0 fully saturated rings. The summed E-state index contributed by atoms with van der Waals surface area (Å²) in [5, 5.41) is 3.97. The molecule has 3 N–H and O–H groups in total. The lowest BCUT2D eigenvalue weighted by molar-refractivity contribution is 1.25. The highest BCUT2D eigenvalue weighted by molar-refractivity contribution is 6.42. The molecule has 0 aliphatic carbocycles. The lowest BCUT2D eigenvalue weighted by Crippen LogP contribution is -2.08. The van der Waals surface area contributed by atoms with Crippen LogP contribution in [0.5, 0.6) is 0 Å². The Kier molecular flexibility index (Phi) is 2.93. The number of benzene rings is 1. The highest BCUT2D eigenvalue weighted by Gasteiger charge is 2.05. The van der Waals surface area contributed by atoms with Crippen LogP contribution in [0.15, 0.2) is 35.4 Å². The molecule has 7 heteroatoms. The van der Waals surface area contributed by atoms with Crippen molar-refractivity contribution in [2.24, 2.45) is 0 Å². The SMILES string of the molecule is O=c1[nH]c(Nc2ccc(Cl)c(Cl)c2)cc2[nH]cnc12. The van der Waals surface area contributed by atoms with Crippen LogP contribution in [-0.2, 0) is 0 Å². The molecule has 5 nitrogen and oxygen atoms in total. The minimum atomic E-state index is -0.263. The van der Waals surface area contributed by atoms with E-state index < -0.39 is 0 Å². The molecule has 0 spiro atoms. The van der Waals surface area contributed by atoms with Gasteiger partial charge in [-0.1, -0.05) is 23.2 Å². The fourth-order valence-corrected chi connectivity index (χ4v) is 2.05. The zero-order chi connectivity index (χ0) is 13.4. The number of H-pyrrole nitrogens is 2. The quantitative estimate of drug-likeness (QED) is 0.679. The number of rotatable bonds is 2. The van der Waals surface area contributed by atoms with E-state index in [0.29, 0.717) is 26.9 Å². The summed E-state index contributed by atoms with van der Waals surface area (Å²) in [6, 6.07) is 6.88. The van der Waals surface area contributed by atoms with Crippen molar-refractivity contribution in [3.8, 4) is 0 Å². The lowest BCUT2D eigenvalue weighted by atomic mass is 10.3. The second kappa shape index (κ2) is 4.60. The van der Waals surface area contributed by atoms with Crippen LogP contribution in [0.25, 0.3) is 11.0 Å². The summed E-state index contributed by atoms with van der Waals surface area (Å²) in [7, 11) is 0. The molecule has 0 radical (unpaired) electrons. The fraction of sp³-hybridized carbons (Fsp3) is 0. The van der Waals surface area contributed by atoms with Crippen molar-refractivity contribution in [3.05, 3.63) is 51.0 Å². The third kappa shape index (κ3) is 2.30. The molecule has 3 aromatic rings. The molecule has 0 aliphatic rings. The van der Waals surface area contributed by atoms with E-state index in [9.17, 15) is 4.79 Å². The topological polar surface area (TPSA) is 73.6 Å². The lowest BCUT2D eigenvalue weighted by Gasteiger charge is -2.07. The van der Waals surface area contributed by atoms with Gasteiger partial charge in [0.2, 0.25) is 0 Å². The average Bonchev–Trinajstić information content (AvgIpc) is 2.82. The number of hydrogen-bond acceptors (Lipinski definition) is 3. The van der Waals surface area contributed by atoms with E-state index in [4.69, 9.17) is 23.2 Å². The zero-order valence-corrected chi connectivity index (χ0v) is 11.0. The van der Waals surface area contributed by atoms with Crippen LogP contribution in [0.3, 0.4) is 0 Å². The van der Waals surface area contributed by atoms with E-state index in [-0.39, 0.29) is 5.56 Å². The molecule has 0 unspecified atom stereocenters. The Bertz CT molecular complexity index is 809. The van der Waals surface area contributed by atoms with Gasteiger partial charge < -0.3 is 15.3 Å². The van der Waals surface area contributed by atoms with Gasteiger partial charge in [-0.2, -0.15) is 0 Å². The van der Waals surface area contributed by atoms with Gasteiger partial charge in [-0.15, -0.1) is 0 Å². The van der Waals surface area contributed by atoms with Gasteiger partial charge in [0.25, 0.3) is 5.56 Å². The Hall–Kier alpha value is -1.98. The van der Waals surface area contributed by atoms with E-state index >= 15 is 0 Å². The first-order valence-electron chi connectivity index (χ1n) is 5.42. The van der Waals surface area contributed by atoms with Gasteiger partial charge in [0.15, 0.2) is 5.52 Å². The predicted octanol–water partition coefficient (Wildman–Crippen LogP) is 3.30. The third-order valence-electron chi connectivity index (χ3n) is 2.62. The van der Waals surface area contributed by atoms with E-state index in [1.165, 1.54) is 6.33 Å². The molecule has 3 rings (SSSR count). The summed E-state index contributed by atoms with van der Waals surface area (Å²) in [4.78, 5) is 21.3. The van der Waals surface area contributed by atoms with Gasteiger partial charge in [0.05, 0.1) is 21.9 Å². The molecule has 0 saturated heterocycles. The van der Waals surface area contributed by atoms with Crippen LogP contribution < -0.4 is 10.9 Å². The second-order valence-electron chi connectivity index (χ2n) is 3.93. The van der Waals surface area contributed by atoms with Crippen LogP contribution in [0.4, 0.5) is 11.5 Å². The maximum Gasteiger partial charge on any atom is 0.277 e. The van der Waals surface area contributed by atoms with Crippen LogP contribution in [0.2, 0.25) is 10.0 Å². The smallest absolute Gasteiger partial charge is 0.277 e. The molecular formula is C12H8Cl2N4O. The Labute approximate surface area is 117 Å². The number of imidazole rings is 1. The van der Waals surface area contributed by atoms with Gasteiger partial charge in [-0.25, -0.2) is 4.98 Å². The Balaban J connectivity index is 2.00. The van der Waals surface area contributed by atoms with Crippen LogP contribution >= 0.6 is 23.2 Å². The Morgan fingerprint density at radius 2 is 2.00 bits per heavy atom. The minimum absolute atomic E-state index is 0.263.